The van der Waals surface area contributed by atoms with Crippen molar-refractivity contribution in [1.82, 2.24) is 5.32 Å². The first-order chi connectivity index (χ1) is 11.7. The fourth-order valence-electron chi connectivity index (χ4n) is 2.72. The lowest BCUT2D eigenvalue weighted by Crippen LogP contribution is -2.28. The number of carbonyl (C=O) groups excluding carboxylic acids is 1. The van der Waals surface area contributed by atoms with E-state index in [9.17, 15) is 10.1 Å². The fourth-order valence-corrected chi connectivity index (χ4v) is 2.72. The molecule has 1 aromatic rings. The lowest BCUT2D eigenvalue weighted by molar-refractivity contribution is -0.112. The smallest absolute Gasteiger partial charge is 0.267 e. The molecule has 0 saturated heterocycles. The number of methoxy groups -OCH3 is 2. The monoisotopic (exact) mass is 329 g/mol. The molecule has 0 bridgehead atoms. The van der Waals surface area contributed by atoms with Gasteiger partial charge in [-0.25, -0.2) is 0 Å². The summed E-state index contributed by atoms with van der Waals surface area (Å²) in [6, 6.07) is 7.36. The summed E-state index contributed by atoms with van der Waals surface area (Å²) in [6.07, 6.45) is 7.27. The van der Waals surface area contributed by atoms with Crippen LogP contribution < -0.4 is 20.1 Å². The minimum absolute atomic E-state index is 0.0328. The first kappa shape index (κ1) is 17.7. The molecule has 128 valence electrons. The second-order valence-electron chi connectivity index (χ2n) is 5.69. The van der Waals surface area contributed by atoms with Crippen LogP contribution in [0.4, 0.5) is 5.69 Å². The predicted octanol–water partition coefficient (Wildman–Crippen LogP) is 2.97. The van der Waals surface area contributed by atoms with Crippen LogP contribution in [-0.2, 0) is 4.79 Å². The van der Waals surface area contributed by atoms with Crippen LogP contribution in [0.1, 0.15) is 32.1 Å². The van der Waals surface area contributed by atoms with Gasteiger partial charge in [-0.1, -0.05) is 19.3 Å². The van der Waals surface area contributed by atoms with E-state index in [-0.39, 0.29) is 5.57 Å². The standard InChI is InChI=1S/C18H23N3O3/c1-23-15-8-9-17(24-2)16(10-15)21-18(22)13(11-19)12-20-14-6-4-3-5-7-14/h8-10,12,14,20H,3-7H2,1-2H3,(H,21,22)/b13-12-. The van der Waals surface area contributed by atoms with E-state index < -0.39 is 5.91 Å². The van der Waals surface area contributed by atoms with Gasteiger partial charge in [0.15, 0.2) is 0 Å². The Morgan fingerprint density at radius 3 is 2.62 bits per heavy atom. The van der Waals surface area contributed by atoms with Gasteiger partial charge in [0.25, 0.3) is 5.91 Å². The van der Waals surface area contributed by atoms with Crippen LogP contribution in [0.15, 0.2) is 30.0 Å². The summed E-state index contributed by atoms with van der Waals surface area (Å²) in [5, 5.41) is 15.1. The number of hydrogen-bond acceptors (Lipinski definition) is 5. The van der Waals surface area contributed by atoms with Crippen LogP contribution in [0.25, 0.3) is 0 Å². The molecule has 24 heavy (non-hydrogen) atoms. The van der Waals surface area contributed by atoms with Gasteiger partial charge < -0.3 is 20.1 Å². The lowest BCUT2D eigenvalue weighted by atomic mass is 9.96. The van der Waals surface area contributed by atoms with Gasteiger partial charge in [-0.15, -0.1) is 0 Å². The van der Waals surface area contributed by atoms with Gasteiger partial charge in [0.2, 0.25) is 0 Å². The third kappa shape index (κ3) is 4.66. The van der Waals surface area contributed by atoms with Crippen molar-refractivity contribution in [2.24, 2.45) is 0 Å². The molecule has 0 radical (unpaired) electrons. The summed E-state index contributed by atoms with van der Waals surface area (Å²) < 4.78 is 10.4. The van der Waals surface area contributed by atoms with Crippen molar-refractivity contribution in [2.75, 3.05) is 19.5 Å². The SMILES string of the molecule is COc1ccc(OC)c(NC(=O)/C(C#N)=C\NC2CCCCC2)c1. The van der Waals surface area contributed by atoms with Crippen LogP contribution in [0.3, 0.4) is 0 Å². The number of nitrogens with one attached hydrogen (secondary N) is 2. The summed E-state index contributed by atoms with van der Waals surface area (Å²) in [4.78, 5) is 12.3. The van der Waals surface area contributed by atoms with Crippen LogP contribution in [-0.4, -0.2) is 26.2 Å². The summed E-state index contributed by atoms with van der Waals surface area (Å²) in [5.41, 5.74) is 0.492. The van der Waals surface area contributed by atoms with E-state index in [0.717, 1.165) is 12.8 Å². The van der Waals surface area contributed by atoms with Gasteiger partial charge in [0, 0.05) is 18.3 Å². The minimum atomic E-state index is -0.479. The molecule has 2 N–H and O–H groups in total. The van der Waals surface area contributed by atoms with Gasteiger partial charge in [0.05, 0.1) is 19.9 Å². The second-order valence-corrected chi connectivity index (χ2v) is 5.69. The summed E-state index contributed by atoms with van der Waals surface area (Å²) in [7, 11) is 3.06. The normalized spacial score (nSPS) is 15.3. The maximum Gasteiger partial charge on any atom is 0.267 e. The van der Waals surface area contributed by atoms with Crippen molar-refractivity contribution in [1.29, 1.82) is 5.26 Å². The highest BCUT2D eigenvalue weighted by Gasteiger charge is 2.15. The highest BCUT2D eigenvalue weighted by molar-refractivity contribution is 6.07. The molecule has 1 aromatic carbocycles. The van der Waals surface area contributed by atoms with Crippen LogP contribution in [0.2, 0.25) is 0 Å². The van der Waals surface area contributed by atoms with Gasteiger partial charge in [-0.3, -0.25) is 4.79 Å². The average Bonchev–Trinajstić information content (AvgIpc) is 2.63. The Hall–Kier alpha value is -2.68. The molecule has 1 saturated carbocycles. The Kier molecular flexibility index (Phi) is 6.50. The number of anilines is 1. The van der Waals surface area contributed by atoms with Crippen LogP contribution in [0.5, 0.6) is 11.5 Å². The third-order valence-electron chi connectivity index (χ3n) is 4.09. The quantitative estimate of drug-likeness (QED) is 0.619. The van der Waals surface area contributed by atoms with E-state index in [1.807, 2.05) is 6.07 Å². The van der Waals surface area contributed by atoms with Crippen molar-refractivity contribution >= 4 is 11.6 Å². The van der Waals surface area contributed by atoms with Gasteiger partial charge in [0.1, 0.15) is 23.1 Å². The van der Waals surface area contributed by atoms with Crippen molar-refractivity contribution in [3.05, 3.63) is 30.0 Å². The number of rotatable bonds is 6. The zero-order chi connectivity index (χ0) is 17.4. The molecule has 1 amide bonds. The second kappa shape index (κ2) is 8.82. The van der Waals surface area contributed by atoms with Crippen LogP contribution >= 0.6 is 0 Å². The topological polar surface area (TPSA) is 83.4 Å². The number of nitrogens with zero attached hydrogens (tertiary/aromatic N) is 1. The van der Waals surface area contributed by atoms with E-state index in [1.54, 1.807) is 25.3 Å². The molecule has 6 nitrogen and oxygen atoms in total. The summed E-state index contributed by atoms with van der Waals surface area (Å²) in [5.74, 6) is 0.614. The molecular formula is C18H23N3O3. The number of carbonyl (C=O) groups is 1. The largest absolute Gasteiger partial charge is 0.497 e. The van der Waals surface area contributed by atoms with E-state index in [0.29, 0.717) is 23.2 Å². The lowest BCUT2D eigenvalue weighted by Gasteiger charge is -2.21. The molecule has 1 aliphatic rings. The molecule has 0 unspecified atom stereocenters. The van der Waals surface area contributed by atoms with Crippen molar-refractivity contribution in [3.8, 4) is 17.6 Å². The Morgan fingerprint density at radius 1 is 1.25 bits per heavy atom. The molecule has 0 aliphatic heterocycles. The molecule has 0 spiro atoms. The number of ether oxygens (including phenoxy) is 2. The number of nitriles is 1. The van der Waals surface area contributed by atoms with Gasteiger partial charge in [-0.2, -0.15) is 5.26 Å². The number of benzene rings is 1. The van der Waals surface area contributed by atoms with Crippen LogP contribution in [0, 0.1) is 11.3 Å². The zero-order valence-electron chi connectivity index (χ0n) is 14.1. The van der Waals surface area contributed by atoms with E-state index in [1.165, 1.54) is 32.6 Å². The first-order valence-electron chi connectivity index (χ1n) is 8.07. The van der Waals surface area contributed by atoms with Gasteiger partial charge >= 0.3 is 0 Å². The minimum Gasteiger partial charge on any atom is -0.497 e. The molecule has 1 fully saturated rings. The van der Waals surface area contributed by atoms with Crippen molar-refractivity contribution in [2.45, 2.75) is 38.1 Å². The number of hydrogen-bond donors (Lipinski definition) is 2. The highest BCUT2D eigenvalue weighted by Crippen LogP contribution is 2.29. The highest BCUT2D eigenvalue weighted by atomic mass is 16.5. The maximum atomic E-state index is 12.3. The zero-order valence-corrected chi connectivity index (χ0v) is 14.1. The number of amides is 1. The molecule has 6 heteroatoms. The maximum absolute atomic E-state index is 12.3. The van der Waals surface area contributed by atoms with E-state index in [2.05, 4.69) is 10.6 Å². The molecule has 0 aromatic heterocycles. The molecular weight excluding hydrogens is 306 g/mol. The molecule has 2 rings (SSSR count). The molecule has 0 heterocycles. The third-order valence-corrected chi connectivity index (χ3v) is 4.09. The molecule has 1 aliphatic carbocycles. The summed E-state index contributed by atoms with van der Waals surface area (Å²) >= 11 is 0. The van der Waals surface area contributed by atoms with E-state index >= 15 is 0 Å². The summed E-state index contributed by atoms with van der Waals surface area (Å²) in [6.45, 7) is 0. The Balaban J connectivity index is 2.07. The van der Waals surface area contributed by atoms with Crippen molar-refractivity contribution < 1.29 is 14.3 Å². The predicted molar refractivity (Wildman–Crippen MR) is 91.9 cm³/mol. The fraction of sp³-hybridized carbons (Fsp3) is 0.444. The molecule has 0 atom stereocenters. The Bertz CT molecular complexity index is 643. The van der Waals surface area contributed by atoms with Gasteiger partial charge in [-0.05, 0) is 25.0 Å². The van der Waals surface area contributed by atoms with Crippen molar-refractivity contribution in [3.63, 3.8) is 0 Å². The Labute approximate surface area is 142 Å². The average molecular weight is 329 g/mol. The first-order valence-corrected chi connectivity index (χ1v) is 8.07. The Morgan fingerprint density at radius 2 is 2.00 bits per heavy atom. The van der Waals surface area contributed by atoms with E-state index in [4.69, 9.17) is 9.47 Å².